The largest absolute Gasteiger partial charge is 0.344 e. The van der Waals surface area contributed by atoms with Crippen molar-refractivity contribution in [3.63, 3.8) is 0 Å². The van der Waals surface area contributed by atoms with E-state index in [0.29, 0.717) is 23.4 Å². The van der Waals surface area contributed by atoms with Crippen LogP contribution >= 0.6 is 11.3 Å². The highest BCUT2D eigenvalue weighted by Gasteiger charge is 2.30. The van der Waals surface area contributed by atoms with Crippen molar-refractivity contribution in [3.05, 3.63) is 10.6 Å². The van der Waals surface area contributed by atoms with Gasteiger partial charge in [0, 0.05) is 11.3 Å². The van der Waals surface area contributed by atoms with E-state index in [1.54, 1.807) is 11.3 Å². The summed E-state index contributed by atoms with van der Waals surface area (Å²) in [6.45, 7) is 4.53. The second-order valence-corrected chi connectivity index (χ2v) is 7.46. The Bertz CT molecular complexity index is 565. The first kappa shape index (κ1) is 13.5. The average molecular weight is 293 g/mol. The maximum atomic E-state index is 12.0. The Hall–Kier alpha value is -1.43. The van der Waals surface area contributed by atoms with E-state index in [9.17, 15) is 9.59 Å². The third kappa shape index (κ3) is 2.70. The fourth-order valence-corrected chi connectivity index (χ4v) is 4.02. The molecule has 0 aromatic carbocycles. The van der Waals surface area contributed by atoms with E-state index in [1.165, 1.54) is 4.88 Å². The van der Waals surface area contributed by atoms with E-state index in [4.69, 9.17) is 0 Å². The van der Waals surface area contributed by atoms with Crippen molar-refractivity contribution in [3.8, 4) is 0 Å². The number of anilines is 1. The van der Waals surface area contributed by atoms with Gasteiger partial charge in [-0.3, -0.25) is 9.59 Å². The molecule has 1 aromatic rings. The zero-order valence-electron chi connectivity index (χ0n) is 11.8. The van der Waals surface area contributed by atoms with Crippen LogP contribution in [0.25, 0.3) is 0 Å². The van der Waals surface area contributed by atoms with Crippen LogP contribution in [0, 0.1) is 5.41 Å². The van der Waals surface area contributed by atoms with Crippen molar-refractivity contribution in [2.75, 3.05) is 5.32 Å². The highest BCUT2D eigenvalue weighted by molar-refractivity contribution is 7.15. The van der Waals surface area contributed by atoms with Crippen LogP contribution in [0.15, 0.2) is 0 Å². The lowest BCUT2D eigenvalue weighted by Gasteiger charge is -2.28. The zero-order valence-corrected chi connectivity index (χ0v) is 12.6. The molecule has 0 unspecified atom stereocenters. The van der Waals surface area contributed by atoms with E-state index in [1.807, 2.05) is 0 Å². The molecule has 3 rings (SSSR count). The SMILES string of the molecule is CC1(C)CCc2nc(NC(=O)[C@@H]3CCC(=O)N3)sc2C1. The summed E-state index contributed by atoms with van der Waals surface area (Å²) >= 11 is 1.57. The van der Waals surface area contributed by atoms with Gasteiger partial charge in [0.15, 0.2) is 5.13 Å². The molecule has 0 saturated carbocycles. The molecule has 1 aliphatic heterocycles. The summed E-state index contributed by atoms with van der Waals surface area (Å²) in [5, 5.41) is 6.18. The third-order valence-corrected chi connectivity index (χ3v) is 5.01. The van der Waals surface area contributed by atoms with E-state index in [0.717, 1.165) is 25.0 Å². The van der Waals surface area contributed by atoms with Gasteiger partial charge in [0.1, 0.15) is 6.04 Å². The molecule has 2 amide bonds. The number of aromatic nitrogens is 1. The first-order valence-electron chi connectivity index (χ1n) is 7.02. The van der Waals surface area contributed by atoms with Gasteiger partial charge in [-0.2, -0.15) is 0 Å². The van der Waals surface area contributed by atoms with Crippen LogP contribution in [0.4, 0.5) is 5.13 Å². The van der Waals surface area contributed by atoms with Gasteiger partial charge in [0.05, 0.1) is 5.69 Å². The van der Waals surface area contributed by atoms with Crippen LogP contribution in [0.2, 0.25) is 0 Å². The maximum absolute atomic E-state index is 12.0. The molecular weight excluding hydrogens is 274 g/mol. The summed E-state index contributed by atoms with van der Waals surface area (Å²) in [5.41, 5.74) is 1.44. The Morgan fingerprint density at radius 1 is 1.45 bits per heavy atom. The van der Waals surface area contributed by atoms with Crippen LogP contribution in [-0.4, -0.2) is 22.8 Å². The number of hydrogen-bond acceptors (Lipinski definition) is 4. The first-order chi connectivity index (χ1) is 9.43. The van der Waals surface area contributed by atoms with E-state index >= 15 is 0 Å². The summed E-state index contributed by atoms with van der Waals surface area (Å²) < 4.78 is 0. The number of nitrogens with zero attached hydrogens (tertiary/aromatic N) is 1. The van der Waals surface area contributed by atoms with Crippen LogP contribution in [0.3, 0.4) is 0 Å². The summed E-state index contributed by atoms with van der Waals surface area (Å²) in [7, 11) is 0. The molecule has 1 atom stereocenters. The minimum atomic E-state index is -0.403. The van der Waals surface area contributed by atoms with E-state index < -0.39 is 6.04 Å². The quantitative estimate of drug-likeness (QED) is 0.874. The fraction of sp³-hybridized carbons (Fsp3) is 0.643. The van der Waals surface area contributed by atoms with Crippen molar-refractivity contribution in [1.29, 1.82) is 0 Å². The second kappa shape index (κ2) is 4.84. The number of amides is 2. The Balaban J connectivity index is 1.68. The van der Waals surface area contributed by atoms with Crippen LogP contribution in [-0.2, 0) is 22.4 Å². The predicted molar refractivity (Wildman–Crippen MR) is 77.7 cm³/mol. The van der Waals surface area contributed by atoms with Crippen molar-refractivity contribution in [2.24, 2.45) is 5.41 Å². The summed E-state index contributed by atoms with van der Waals surface area (Å²) in [5.74, 6) is -0.202. The lowest BCUT2D eigenvalue weighted by molar-refractivity contribution is -0.122. The number of hydrogen-bond donors (Lipinski definition) is 2. The molecule has 2 N–H and O–H groups in total. The standard InChI is InChI=1S/C14H19N3O2S/c1-14(2)6-5-8-10(7-14)20-13(16-8)17-12(19)9-3-4-11(18)15-9/h9H,3-7H2,1-2H3,(H,15,18)(H,16,17,19)/t9-/m0/s1. The molecule has 0 bridgehead atoms. The van der Waals surface area contributed by atoms with Gasteiger partial charge in [-0.1, -0.05) is 13.8 Å². The minimum Gasteiger partial charge on any atom is -0.344 e. The summed E-state index contributed by atoms with van der Waals surface area (Å²) in [6, 6.07) is -0.403. The number of carbonyl (C=O) groups excluding carboxylic acids is 2. The Kier molecular flexibility index (Phi) is 3.28. The van der Waals surface area contributed by atoms with Crippen molar-refractivity contribution in [2.45, 2.75) is 52.0 Å². The predicted octanol–water partition coefficient (Wildman–Crippen LogP) is 1.88. The number of fused-ring (bicyclic) bond motifs is 1. The Morgan fingerprint density at radius 3 is 2.95 bits per heavy atom. The fourth-order valence-electron chi connectivity index (χ4n) is 2.75. The van der Waals surface area contributed by atoms with Crippen molar-refractivity contribution in [1.82, 2.24) is 10.3 Å². The van der Waals surface area contributed by atoms with Crippen LogP contribution < -0.4 is 10.6 Å². The molecule has 1 aromatic heterocycles. The number of aryl methyl sites for hydroxylation is 1. The number of thiazole rings is 1. The highest BCUT2D eigenvalue weighted by atomic mass is 32.1. The van der Waals surface area contributed by atoms with Gasteiger partial charge in [-0.15, -0.1) is 11.3 Å². The monoisotopic (exact) mass is 293 g/mol. The van der Waals surface area contributed by atoms with Gasteiger partial charge >= 0.3 is 0 Å². The summed E-state index contributed by atoms with van der Waals surface area (Å²) in [4.78, 5) is 29.0. The van der Waals surface area contributed by atoms with Gasteiger partial charge in [0.2, 0.25) is 11.8 Å². The third-order valence-electron chi connectivity index (χ3n) is 4.00. The van der Waals surface area contributed by atoms with Crippen LogP contribution in [0.5, 0.6) is 0 Å². The smallest absolute Gasteiger partial charge is 0.248 e. The number of nitrogens with one attached hydrogen (secondary N) is 2. The normalized spacial score (nSPS) is 24.1. The van der Waals surface area contributed by atoms with Crippen molar-refractivity contribution < 1.29 is 9.59 Å². The molecule has 0 radical (unpaired) electrons. The first-order valence-corrected chi connectivity index (χ1v) is 7.83. The maximum Gasteiger partial charge on any atom is 0.248 e. The molecular formula is C14H19N3O2S. The average Bonchev–Trinajstić information content (AvgIpc) is 2.93. The molecule has 1 aliphatic carbocycles. The van der Waals surface area contributed by atoms with Gasteiger partial charge < -0.3 is 10.6 Å². The Morgan fingerprint density at radius 2 is 2.25 bits per heavy atom. The lowest BCUT2D eigenvalue weighted by Crippen LogP contribution is -2.37. The van der Waals surface area contributed by atoms with Crippen LogP contribution in [0.1, 0.15) is 43.7 Å². The molecule has 108 valence electrons. The Labute approximate surface area is 122 Å². The number of rotatable bonds is 2. The lowest BCUT2D eigenvalue weighted by atomic mass is 9.79. The second-order valence-electron chi connectivity index (χ2n) is 6.38. The molecule has 0 spiro atoms. The van der Waals surface area contributed by atoms with Gasteiger partial charge in [-0.05, 0) is 31.1 Å². The molecule has 1 saturated heterocycles. The highest BCUT2D eigenvalue weighted by Crippen LogP contribution is 2.38. The molecule has 2 aliphatic rings. The van der Waals surface area contributed by atoms with Gasteiger partial charge in [-0.25, -0.2) is 4.98 Å². The minimum absolute atomic E-state index is 0.0506. The molecule has 1 fully saturated rings. The van der Waals surface area contributed by atoms with E-state index in [-0.39, 0.29) is 11.8 Å². The van der Waals surface area contributed by atoms with Gasteiger partial charge in [0.25, 0.3) is 0 Å². The summed E-state index contributed by atoms with van der Waals surface area (Å²) in [6.07, 6.45) is 4.14. The molecule has 2 heterocycles. The molecule has 6 heteroatoms. The molecule has 5 nitrogen and oxygen atoms in total. The van der Waals surface area contributed by atoms with E-state index in [2.05, 4.69) is 29.5 Å². The molecule has 20 heavy (non-hydrogen) atoms. The number of carbonyl (C=O) groups is 2. The zero-order chi connectivity index (χ0) is 14.3. The van der Waals surface area contributed by atoms with Crippen molar-refractivity contribution >= 4 is 28.3 Å². The topological polar surface area (TPSA) is 71.1 Å².